The van der Waals surface area contributed by atoms with Gasteiger partial charge < -0.3 is 9.80 Å². The third kappa shape index (κ3) is 4.58. The van der Waals surface area contributed by atoms with E-state index in [1.165, 1.54) is 12.1 Å². The van der Waals surface area contributed by atoms with Crippen LogP contribution in [-0.2, 0) is 12.8 Å². The van der Waals surface area contributed by atoms with Crippen LogP contribution in [0.5, 0.6) is 0 Å². The zero-order valence-corrected chi connectivity index (χ0v) is 16.6. The van der Waals surface area contributed by atoms with Crippen LogP contribution in [-0.4, -0.2) is 41.9 Å². The molecule has 2 aromatic carbocycles. The third-order valence-corrected chi connectivity index (χ3v) is 4.78. The number of nitrogens with zero attached hydrogens (tertiary/aromatic N) is 4. The molecule has 0 unspecified atom stereocenters. The van der Waals surface area contributed by atoms with Crippen LogP contribution in [0, 0.1) is 20.2 Å². The van der Waals surface area contributed by atoms with E-state index >= 15 is 0 Å². The molecule has 0 amide bonds. The summed E-state index contributed by atoms with van der Waals surface area (Å²) in [5.74, 6) is 0. The molecule has 150 valence electrons. The van der Waals surface area contributed by atoms with Crippen molar-refractivity contribution < 1.29 is 9.85 Å². The van der Waals surface area contributed by atoms with Gasteiger partial charge in [-0.1, -0.05) is 0 Å². The highest BCUT2D eigenvalue weighted by atomic mass is 35.5. The quantitative estimate of drug-likeness (QED) is 0.529. The second-order valence-electron chi connectivity index (χ2n) is 6.95. The van der Waals surface area contributed by atoms with Crippen molar-refractivity contribution in [3.63, 3.8) is 0 Å². The van der Waals surface area contributed by atoms with Crippen molar-refractivity contribution >= 4 is 35.2 Å². The smallest absolute Gasteiger partial charge is 0.269 e. The largest absolute Gasteiger partial charge is 0.341 e. The summed E-state index contributed by atoms with van der Waals surface area (Å²) >= 11 is 0. The lowest BCUT2D eigenvalue weighted by molar-refractivity contribution is -0.385. The van der Waals surface area contributed by atoms with Crippen LogP contribution in [0.2, 0.25) is 0 Å². The molecule has 2 aromatic rings. The summed E-state index contributed by atoms with van der Waals surface area (Å²) in [4.78, 5) is 25.8. The van der Waals surface area contributed by atoms with Gasteiger partial charge in [-0.15, -0.1) is 12.4 Å². The Kier molecular flexibility index (Phi) is 6.93. The van der Waals surface area contributed by atoms with Crippen LogP contribution in [0.1, 0.15) is 17.5 Å². The zero-order chi connectivity index (χ0) is 19.6. The Morgan fingerprint density at radius 3 is 1.79 bits per heavy atom. The summed E-state index contributed by atoms with van der Waals surface area (Å²) in [6.07, 6.45) is 2.12. The lowest BCUT2D eigenvalue weighted by atomic mass is 10.0. The Morgan fingerprint density at radius 1 is 0.929 bits per heavy atom. The normalized spacial score (nSPS) is 12.6. The van der Waals surface area contributed by atoms with Gasteiger partial charge in [0.15, 0.2) is 0 Å². The maximum absolute atomic E-state index is 11.2. The molecular weight excluding hydrogens is 384 g/mol. The summed E-state index contributed by atoms with van der Waals surface area (Å²) < 4.78 is 0. The summed E-state index contributed by atoms with van der Waals surface area (Å²) in [5.41, 5.74) is 3.80. The fraction of sp³-hybridized carbons (Fsp3) is 0.368. The van der Waals surface area contributed by atoms with E-state index in [2.05, 4.69) is 9.80 Å². The minimum Gasteiger partial charge on any atom is -0.341 e. The number of benzene rings is 2. The molecular formula is C19H23ClN4O4. The van der Waals surface area contributed by atoms with E-state index < -0.39 is 0 Å². The molecule has 0 aromatic heterocycles. The van der Waals surface area contributed by atoms with E-state index in [-0.39, 0.29) is 33.6 Å². The molecule has 0 radical (unpaired) electrons. The van der Waals surface area contributed by atoms with E-state index in [1.807, 2.05) is 14.1 Å². The fourth-order valence-corrected chi connectivity index (χ4v) is 3.48. The lowest BCUT2D eigenvalue weighted by Crippen LogP contribution is -2.24. The molecule has 0 spiro atoms. The van der Waals surface area contributed by atoms with Crippen molar-refractivity contribution in [1.29, 1.82) is 0 Å². The molecule has 0 atom stereocenters. The van der Waals surface area contributed by atoms with Crippen LogP contribution in [0.4, 0.5) is 22.7 Å². The number of fused-ring (bicyclic) bond motifs is 2. The lowest BCUT2D eigenvalue weighted by Gasteiger charge is -2.27. The van der Waals surface area contributed by atoms with Crippen molar-refractivity contribution in [2.75, 3.05) is 32.1 Å². The number of nitro benzene ring substituents is 2. The molecule has 1 heterocycles. The van der Waals surface area contributed by atoms with Crippen LogP contribution in [0.15, 0.2) is 36.4 Å². The molecule has 8 nitrogen and oxygen atoms in total. The van der Waals surface area contributed by atoms with Crippen molar-refractivity contribution in [3.8, 4) is 0 Å². The summed E-state index contributed by atoms with van der Waals surface area (Å²) in [7, 11) is 4.02. The molecule has 0 N–H and O–H groups in total. The van der Waals surface area contributed by atoms with Crippen LogP contribution >= 0.6 is 12.4 Å². The molecule has 0 bridgehead atoms. The fourth-order valence-electron chi connectivity index (χ4n) is 3.48. The molecule has 0 saturated carbocycles. The maximum Gasteiger partial charge on any atom is 0.269 e. The standard InChI is InChI=1S/C19H22N4O4.ClH/c1-20(2)10-3-11-21-18-8-6-16(22(24)25)12-14(18)4-5-15-13-17(23(26)27)7-9-19(15)21;/h6-9,12-13H,3-5,10-11H2,1-2H3;1H. The van der Waals surface area contributed by atoms with Crippen molar-refractivity contribution in [2.45, 2.75) is 19.3 Å². The summed E-state index contributed by atoms with van der Waals surface area (Å²) in [5, 5.41) is 22.3. The van der Waals surface area contributed by atoms with Gasteiger partial charge in [0.25, 0.3) is 11.4 Å². The number of aryl methyl sites for hydroxylation is 2. The number of rotatable bonds is 6. The number of nitro groups is 2. The van der Waals surface area contributed by atoms with E-state index in [0.717, 1.165) is 42.0 Å². The average Bonchev–Trinajstić information content (AvgIpc) is 2.77. The van der Waals surface area contributed by atoms with E-state index in [4.69, 9.17) is 0 Å². The van der Waals surface area contributed by atoms with Gasteiger partial charge in [0.1, 0.15) is 0 Å². The van der Waals surface area contributed by atoms with Crippen molar-refractivity contribution in [3.05, 3.63) is 67.8 Å². The third-order valence-electron chi connectivity index (χ3n) is 4.78. The number of hydrogen-bond donors (Lipinski definition) is 0. The first-order valence-corrected chi connectivity index (χ1v) is 8.83. The van der Waals surface area contributed by atoms with Gasteiger partial charge in [0.05, 0.1) is 9.85 Å². The SMILES string of the molecule is CN(C)CCCN1c2ccc([N+](=O)[O-])cc2CCc2cc([N+](=O)[O-])ccc21.Cl. The van der Waals surface area contributed by atoms with Gasteiger partial charge >= 0.3 is 0 Å². The maximum atomic E-state index is 11.2. The van der Waals surface area contributed by atoms with Gasteiger partial charge in [-0.2, -0.15) is 0 Å². The van der Waals surface area contributed by atoms with Gasteiger partial charge in [0, 0.05) is 42.2 Å². The Hall–Kier alpha value is -2.71. The van der Waals surface area contributed by atoms with E-state index in [0.29, 0.717) is 12.8 Å². The number of hydrogen-bond acceptors (Lipinski definition) is 6. The Morgan fingerprint density at radius 2 is 1.39 bits per heavy atom. The Balaban J connectivity index is 0.00000280. The van der Waals surface area contributed by atoms with Crippen LogP contribution < -0.4 is 4.90 Å². The van der Waals surface area contributed by atoms with Gasteiger partial charge in [-0.05, 0) is 63.2 Å². The molecule has 0 saturated heterocycles. The molecule has 0 fully saturated rings. The molecule has 1 aliphatic heterocycles. The van der Waals surface area contributed by atoms with Crippen LogP contribution in [0.3, 0.4) is 0 Å². The van der Waals surface area contributed by atoms with Gasteiger partial charge in [-0.3, -0.25) is 20.2 Å². The minimum absolute atomic E-state index is 0. The van der Waals surface area contributed by atoms with Gasteiger partial charge in [-0.25, -0.2) is 0 Å². The second kappa shape index (κ2) is 8.99. The second-order valence-corrected chi connectivity index (χ2v) is 6.95. The number of halogens is 1. The van der Waals surface area contributed by atoms with Gasteiger partial charge in [0.2, 0.25) is 0 Å². The Labute approximate surface area is 169 Å². The molecule has 3 rings (SSSR count). The molecule has 9 heteroatoms. The minimum atomic E-state index is -0.389. The first kappa shape index (κ1) is 21.6. The monoisotopic (exact) mass is 406 g/mol. The van der Waals surface area contributed by atoms with Crippen molar-refractivity contribution in [2.24, 2.45) is 0 Å². The number of non-ortho nitro benzene ring substituents is 2. The molecule has 1 aliphatic rings. The first-order valence-electron chi connectivity index (χ1n) is 8.83. The van der Waals surface area contributed by atoms with E-state index in [1.54, 1.807) is 24.3 Å². The Bertz CT molecular complexity index is 823. The highest BCUT2D eigenvalue weighted by Crippen LogP contribution is 2.38. The van der Waals surface area contributed by atoms with Crippen molar-refractivity contribution in [1.82, 2.24) is 4.90 Å². The molecule has 28 heavy (non-hydrogen) atoms. The first-order chi connectivity index (χ1) is 12.9. The predicted molar refractivity (Wildman–Crippen MR) is 111 cm³/mol. The van der Waals surface area contributed by atoms with Crippen LogP contribution in [0.25, 0.3) is 0 Å². The average molecular weight is 407 g/mol. The summed E-state index contributed by atoms with van der Waals surface area (Å²) in [6.45, 7) is 1.63. The highest BCUT2D eigenvalue weighted by molar-refractivity contribution is 5.85. The number of anilines is 2. The molecule has 0 aliphatic carbocycles. The highest BCUT2D eigenvalue weighted by Gasteiger charge is 2.24. The predicted octanol–water partition coefficient (Wildman–Crippen LogP) is 4.11. The summed E-state index contributed by atoms with van der Waals surface area (Å²) in [6, 6.07) is 9.87. The topological polar surface area (TPSA) is 92.8 Å². The zero-order valence-electron chi connectivity index (χ0n) is 15.8. The van der Waals surface area contributed by atoms with E-state index in [9.17, 15) is 20.2 Å².